The van der Waals surface area contributed by atoms with Gasteiger partial charge in [-0.05, 0) is 38.2 Å². The highest BCUT2D eigenvalue weighted by molar-refractivity contribution is 7.12. The molecule has 0 bridgehead atoms. The van der Waals surface area contributed by atoms with Gasteiger partial charge >= 0.3 is 0 Å². The smallest absolute Gasteiger partial charge is 0.244 e. The lowest BCUT2D eigenvalue weighted by molar-refractivity contribution is -0.117. The minimum Gasteiger partial charge on any atom is -0.396 e. The predicted molar refractivity (Wildman–Crippen MR) is 86.1 cm³/mol. The summed E-state index contributed by atoms with van der Waals surface area (Å²) in [6, 6.07) is 0.0932. The summed E-state index contributed by atoms with van der Waals surface area (Å²) in [6.45, 7) is 2.07. The maximum absolute atomic E-state index is 12.1. The van der Waals surface area contributed by atoms with Crippen LogP contribution in [-0.2, 0) is 4.79 Å². The summed E-state index contributed by atoms with van der Waals surface area (Å²) >= 11 is 1.57. The molecule has 0 spiro atoms. The third-order valence-corrected chi connectivity index (χ3v) is 4.90. The molecule has 4 nitrogen and oxygen atoms in total. The summed E-state index contributed by atoms with van der Waals surface area (Å²) in [6.07, 6.45) is 11.9. The van der Waals surface area contributed by atoms with Crippen molar-refractivity contribution in [2.45, 2.75) is 51.5 Å². The number of aryl methyl sites for hydroxylation is 1. The van der Waals surface area contributed by atoms with Crippen LogP contribution < -0.4 is 5.32 Å². The van der Waals surface area contributed by atoms with Gasteiger partial charge < -0.3 is 10.4 Å². The van der Waals surface area contributed by atoms with E-state index in [0.29, 0.717) is 12.3 Å². The molecule has 0 radical (unpaired) electrons. The summed E-state index contributed by atoms with van der Waals surface area (Å²) in [5.41, 5.74) is 0. The third kappa shape index (κ3) is 5.25. The second-order valence-electron chi connectivity index (χ2n) is 5.64. The van der Waals surface area contributed by atoms with Crippen molar-refractivity contribution in [1.82, 2.24) is 10.3 Å². The summed E-state index contributed by atoms with van der Waals surface area (Å²) in [4.78, 5) is 17.2. The molecule has 1 unspecified atom stereocenters. The summed E-state index contributed by atoms with van der Waals surface area (Å²) < 4.78 is 0. The van der Waals surface area contributed by atoms with Crippen LogP contribution in [0.25, 0.3) is 6.08 Å². The van der Waals surface area contributed by atoms with Crippen LogP contribution in [0.3, 0.4) is 0 Å². The molecule has 1 heterocycles. The minimum atomic E-state index is -0.0786. The monoisotopic (exact) mass is 308 g/mol. The lowest BCUT2D eigenvalue weighted by Crippen LogP contribution is -2.41. The summed E-state index contributed by atoms with van der Waals surface area (Å²) in [5.74, 6) is 0.430. The Balaban J connectivity index is 1.89. The Labute approximate surface area is 130 Å². The SMILES string of the molecule is Cc1ncc(/C=C/C(=O)NC(CCO)C2CCCCC2)s1. The first-order chi connectivity index (χ1) is 10.2. The molecule has 1 aliphatic rings. The van der Waals surface area contributed by atoms with Gasteiger partial charge in [0.1, 0.15) is 0 Å². The minimum absolute atomic E-state index is 0.0786. The van der Waals surface area contributed by atoms with Gasteiger partial charge in [-0.2, -0.15) is 0 Å². The number of hydrogen-bond acceptors (Lipinski definition) is 4. The second-order valence-corrected chi connectivity index (χ2v) is 6.91. The van der Waals surface area contributed by atoms with Crippen molar-refractivity contribution in [3.63, 3.8) is 0 Å². The number of hydrogen-bond donors (Lipinski definition) is 2. The van der Waals surface area contributed by atoms with Crippen molar-refractivity contribution in [3.8, 4) is 0 Å². The zero-order chi connectivity index (χ0) is 15.1. The largest absolute Gasteiger partial charge is 0.396 e. The molecule has 5 heteroatoms. The summed E-state index contributed by atoms with van der Waals surface area (Å²) in [7, 11) is 0. The number of carbonyl (C=O) groups is 1. The molecule has 0 aliphatic heterocycles. The molecular formula is C16H24N2O2S. The van der Waals surface area contributed by atoms with Gasteiger partial charge in [0.05, 0.1) is 5.01 Å². The number of carbonyl (C=O) groups excluding carboxylic acids is 1. The first kappa shape index (κ1) is 16.2. The number of rotatable bonds is 6. The van der Waals surface area contributed by atoms with Gasteiger partial charge in [-0.15, -0.1) is 11.3 Å². The van der Waals surface area contributed by atoms with Crippen molar-refractivity contribution in [3.05, 3.63) is 22.2 Å². The van der Waals surface area contributed by atoms with Gasteiger partial charge in [-0.3, -0.25) is 4.79 Å². The number of nitrogens with one attached hydrogen (secondary N) is 1. The second kappa shape index (κ2) is 8.29. The fourth-order valence-corrected chi connectivity index (χ4v) is 3.63. The van der Waals surface area contributed by atoms with Crippen LogP contribution in [0.15, 0.2) is 12.3 Å². The van der Waals surface area contributed by atoms with E-state index in [9.17, 15) is 9.90 Å². The van der Waals surface area contributed by atoms with E-state index in [2.05, 4.69) is 10.3 Å². The Morgan fingerprint density at radius 1 is 1.52 bits per heavy atom. The van der Waals surface area contributed by atoms with Crippen LogP contribution in [0.1, 0.15) is 48.4 Å². The highest BCUT2D eigenvalue weighted by Gasteiger charge is 2.24. The number of aliphatic hydroxyl groups excluding tert-OH is 1. The van der Waals surface area contributed by atoms with Crippen molar-refractivity contribution in [2.75, 3.05) is 6.61 Å². The van der Waals surface area contributed by atoms with E-state index in [1.807, 2.05) is 6.92 Å². The molecule has 1 saturated carbocycles. The molecule has 0 saturated heterocycles. The van der Waals surface area contributed by atoms with Crippen molar-refractivity contribution >= 4 is 23.3 Å². The molecule has 1 amide bonds. The molecule has 116 valence electrons. The molecule has 2 rings (SSSR count). The first-order valence-corrected chi connectivity index (χ1v) is 8.52. The average Bonchev–Trinajstić information content (AvgIpc) is 2.91. The molecule has 1 aromatic rings. The van der Waals surface area contributed by atoms with Crippen LogP contribution in [0.5, 0.6) is 0 Å². The lowest BCUT2D eigenvalue weighted by atomic mass is 9.82. The number of amides is 1. The maximum atomic E-state index is 12.1. The Morgan fingerprint density at radius 3 is 2.90 bits per heavy atom. The first-order valence-electron chi connectivity index (χ1n) is 7.71. The fraction of sp³-hybridized carbons (Fsp3) is 0.625. The van der Waals surface area contributed by atoms with Gasteiger partial charge in [0.15, 0.2) is 0 Å². The van der Waals surface area contributed by atoms with E-state index in [4.69, 9.17) is 0 Å². The molecule has 1 fully saturated rings. The van der Waals surface area contributed by atoms with E-state index < -0.39 is 0 Å². The van der Waals surface area contributed by atoms with E-state index >= 15 is 0 Å². The number of thiazole rings is 1. The van der Waals surface area contributed by atoms with Crippen molar-refractivity contribution in [1.29, 1.82) is 0 Å². The Morgan fingerprint density at radius 2 is 2.29 bits per heavy atom. The number of nitrogens with zero attached hydrogens (tertiary/aromatic N) is 1. The number of aliphatic hydroxyl groups is 1. The standard InChI is InChI=1S/C16H24N2O2S/c1-12-17-11-14(21-12)7-8-16(20)18-15(9-10-19)13-5-3-2-4-6-13/h7-8,11,13,15,19H,2-6,9-10H2,1H3,(H,18,20)/b8-7+. The van der Waals surface area contributed by atoms with Crippen LogP contribution in [0, 0.1) is 12.8 Å². The van der Waals surface area contributed by atoms with Gasteiger partial charge in [0.2, 0.25) is 5.91 Å². The molecule has 2 N–H and O–H groups in total. The third-order valence-electron chi connectivity index (χ3n) is 4.02. The molecule has 1 aromatic heterocycles. The Kier molecular flexibility index (Phi) is 6.39. The van der Waals surface area contributed by atoms with Crippen LogP contribution in [-0.4, -0.2) is 28.6 Å². The molecule has 1 atom stereocenters. The van der Waals surface area contributed by atoms with Crippen molar-refractivity contribution < 1.29 is 9.90 Å². The molecule has 0 aromatic carbocycles. The molecule has 1 aliphatic carbocycles. The quantitative estimate of drug-likeness (QED) is 0.794. The highest BCUT2D eigenvalue weighted by atomic mass is 32.1. The summed E-state index contributed by atoms with van der Waals surface area (Å²) in [5, 5.41) is 13.3. The normalized spacial score (nSPS) is 18.0. The van der Waals surface area contributed by atoms with Crippen LogP contribution in [0.4, 0.5) is 0 Å². The number of aromatic nitrogens is 1. The van der Waals surface area contributed by atoms with Gasteiger partial charge in [0.25, 0.3) is 0 Å². The molecular weight excluding hydrogens is 284 g/mol. The molecule has 21 heavy (non-hydrogen) atoms. The zero-order valence-corrected chi connectivity index (χ0v) is 13.4. The van der Waals surface area contributed by atoms with E-state index in [1.165, 1.54) is 19.3 Å². The van der Waals surface area contributed by atoms with Crippen molar-refractivity contribution in [2.24, 2.45) is 5.92 Å². The van der Waals surface area contributed by atoms with Crippen LogP contribution >= 0.6 is 11.3 Å². The maximum Gasteiger partial charge on any atom is 0.244 e. The average molecular weight is 308 g/mol. The van der Waals surface area contributed by atoms with Gasteiger partial charge in [-0.1, -0.05) is 19.3 Å². The Hall–Kier alpha value is -1.20. The van der Waals surface area contributed by atoms with Gasteiger partial charge in [-0.25, -0.2) is 4.98 Å². The zero-order valence-electron chi connectivity index (χ0n) is 12.5. The Bertz CT molecular complexity index is 478. The fourth-order valence-electron chi connectivity index (χ4n) is 2.94. The van der Waals surface area contributed by atoms with E-state index in [-0.39, 0.29) is 18.6 Å². The van der Waals surface area contributed by atoms with Crippen LogP contribution in [0.2, 0.25) is 0 Å². The van der Waals surface area contributed by atoms with E-state index in [0.717, 1.165) is 22.7 Å². The topological polar surface area (TPSA) is 62.2 Å². The highest BCUT2D eigenvalue weighted by Crippen LogP contribution is 2.27. The lowest BCUT2D eigenvalue weighted by Gasteiger charge is -2.30. The predicted octanol–water partition coefficient (Wildman–Crippen LogP) is 2.91. The van der Waals surface area contributed by atoms with Gasteiger partial charge in [0, 0.05) is 29.8 Å². The van der Waals surface area contributed by atoms with E-state index in [1.54, 1.807) is 29.7 Å².